The van der Waals surface area contributed by atoms with Gasteiger partial charge in [-0.05, 0) is 56.6 Å². The lowest BCUT2D eigenvalue weighted by Crippen LogP contribution is -2.11. The Morgan fingerprint density at radius 1 is 0.564 bits per heavy atom. The average molecular weight is 545 g/mol. The molecular formula is C36H64O3. The first-order chi connectivity index (χ1) is 19.1. The first-order valence-corrected chi connectivity index (χ1v) is 17.2. The number of phenolic OH excluding ortho intramolecular Hbond substituents is 1. The molecule has 1 N–H and O–H groups in total. The summed E-state index contributed by atoms with van der Waals surface area (Å²) in [7, 11) is 0. The number of rotatable bonds is 26. The number of phenols is 1. The zero-order valence-corrected chi connectivity index (χ0v) is 26.5. The van der Waals surface area contributed by atoms with E-state index in [0.717, 1.165) is 87.3 Å². The van der Waals surface area contributed by atoms with Gasteiger partial charge in [-0.2, -0.15) is 0 Å². The van der Waals surface area contributed by atoms with Crippen molar-refractivity contribution in [3.63, 3.8) is 0 Å². The van der Waals surface area contributed by atoms with E-state index in [1.54, 1.807) is 0 Å². The van der Waals surface area contributed by atoms with Crippen molar-refractivity contribution >= 4 is 5.97 Å². The highest BCUT2D eigenvalue weighted by Crippen LogP contribution is 2.37. The van der Waals surface area contributed by atoms with Crippen LogP contribution in [0.4, 0.5) is 0 Å². The van der Waals surface area contributed by atoms with Crippen LogP contribution in [0.5, 0.6) is 11.5 Å². The van der Waals surface area contributed by atoms with Crippen molar-refractivity contribution in [2.75, 3.05) is 0 Å². The molecule has 1 aromatic rings. The van der Waals surface area contributed by atoms with Gasteiger partial charge in [0.2, 0.25) is 0 Å². The summed E-state index contributed by atoms with van der Waals surface area (Å²) in [6.07, 6.45) is 29.2. The van der Waals surface area contributed by atoms with Gasteiger partial charge in [-0.3, -0.25) is 4.79 Å². The predicted octanol–water partition coefficient (Wildman–Crippen LogP) is 11.6. The Kier molecular flexibility index (Phi) is 22.1. The number of hydrogen-bond donors (Lipinski definition) is 1. The van der Waals surface area contributed by atoms with E-state index in [1.807, 2.05) is 6.07 Å². The van der Waals surface area contributed by atoms with Crippen LogP contribution in [-0.4, -0.2) is 11.1 Å². The van der Waals surface area contributed by atoms with E-state index in [2.05, 4.69) is 27.7 Å². The highest BCUT2D eigenvalue weighted by Gasteiger charge is 2.20. The van der Waals surface area contributed by atoms with Crippen LogP contribution in [0.2, 0.25) is 0 Å². The van der Waals surface area contributed by atoms with Gasteiger partial charge in [0, 0.05) is 17.5 Å². The second kappa shape index (κ2) is 24.3. The molecule has 0 radical (unpaired) electrons. The van der Waals surface area contributed by atoms with Gasteiger partial charge >= 0.3 is 5.97 Å². The standard InChI is InChI=1S/C36H64O3/c1-5-9-13-14-15-16-17-18-19-20-21-22-23-24-25-29-35(37)39-34-30-31(26-10-6-2)36(38)33(28-12-8-4)32(34)27-11-7-3/h30,38H,5-29H2,1-4H3. The summed E-state index contributed by atoms with van der Waals surface area (Å²) in [5, 5.41) is 11.1. The number of aryl methyl sites for hydroxylation is 1. The largest absolute Gasteiger partial charge is 0.507 e. The predicted molar refractivity (Wildman–Crippen MR) is 169 cm³/mol. The molecule has 39 heavy (non-hydrogen) atoms. The van der Waals surface area contributed by atoms with Crippen LogP contribution in [0, 0.1) is 0 Å². The molecule has 1 aromatic carbocycles. The highest BCUT2D eigenvalue weighted by molar-refractivity contribution is 5.73. The monoisotopic (exact) mass is 544 g/mol. The second-order valence-corrected chi connectivity index (χ2v) is 11.8. The van der Waals surface area contributed by atoms with E-state index in [4.69, 9.17) is 4.74 Å². The van der Waals surface area contributed by atoms with E-state index in [9.17, 15) is 9.90 Å². The second-order valence-electron chi connectivity index (χ2n) is 11.8. The van der Waals surface area contributed by atoms with Crippen LogP contribution in [0.25, 0.3) is 0 Å². The van der Waals surface area contributed by atoms with E-state index in [-0.39, 0.29) is 5.97 Å². The number of esters is 1. The Balaban J connectivity index is 2.42. The van der Waals surface area contributed by atoms with Crippen molar-refractivity contribution in [1.29, 1.82) is 0 Å². The van der Waals surface area contributed by atoms with Crippen molar-refractivity contribution in [2.24, 2.45) is 0 Å². The Morgan fingerprint density at radius 3 is 1.46 bits per heavy atom. The zero-order valence-electron chi connectivity index (χ0n) is 26.5. The van der Waals surface area contributed by atoms with Gasteiger partial charge in [-0.15, -0.1) is 0 Å². The Hall–Kier alpha value is -1.51. The van der Waals surface area contributed by atoms with Gasteiger partial charge in [-0.25, -0.2) is 0 Å². The lowest BCUT2D eigenvalue weighted by atomic mass is 9.92. The fourth-order valence-electron chi connectivity index (χ4n) is 5.51. The minimum atomic E-state index is -0.115. The molecule has 0 spiro atoms. The van der Waals surface area contributed by atoms with Gasteiger partial charge in [0.05, 0.1) is 0 Å². The Morgan fingerprint density at radius 2 is 0.974 bits per heavy atom. The lowest BCUT2D eigenvalue weighted by Gasteiger charge is -2.19. The molecule has 0 bridgehead atoms. The van der Waals surface area contributed by atoms with Crippen LogP contribution in [0.3, 0.4) is 0 Å². The van der Waals surface area contributed by atoms with Crippen molar-refractivity contribution in [2.45, 2.75) is 188 Å². The Labute approximate surface area is 242 Å². The first-order valence-electron chi connectivity index (χ1n) is 17.2. The van der Waals surface area contributed by atoms with Gasteiger partial charge in [0.15, 0.2) is 0 Å². The number of carbonyl (C=O) groups excluding carboxylic acids is 1. The molecule has 0 heterocycles. The van der Waals surface area contributed by atoms with Crippen LogP contribution in [0.1, 0.15) is 186 Å². The van der Waals surface area contributed by atoms with E-state index in [0.29, 0.717) is 17.9 Å². The van der Waals surface area contributed by atoms with Gasteiger partial charge in [0.1, 0.15) is 11.5 Å². The topological polar surface area (TPSA) is 46.5 Å². The number of benzene rings is 1. The molecule has 0 atom stereocenters. The van der Waals surface area contributed by atoms with Crippen LogP contribution < -0.4 is 4.74 Å². The maximum Gasteiger partial charge on any atom is 0.311 e. The van der Waals surface area contributed by atoms with E-state index in [1.165, 1.54) is 83.5 Å². The summed E-state index contributed by atoms with van der Waals surface area (Å²) in [6, 6.07) is 1.97. The fraction of sp³-hybridized carbons (Fsp3) is 0.806. The maximum absolute atomic E-state index is 12.8. The molecular weight excluding hydrogens is 480 g/mol. The highest BCUT2D eigenvalue weighted by atomic mass is 16.5. The molecule has 0 amide bonds. The maximum atomic E-state index is 12.8. The number of carbonyl (C=O) groups is 1. The number of hydrogen-bond acceptors (Lipinski definition) is 3. The van der Waals surface area contributed by atoms with Gasteiger partial charge < -0.3 is 9.84 Å². The third-order valence-electron chi connectivity index (χ3n) is 8.13. The Bertz CT molecular complexity index is 739. The van der Waals surface area contributed by atoms with Gasteiger partial charge in [0.25, 0.3) is 0 Å². The summed E-state index contributed by atoms with van der Waals surface area (Å²) < 4.78 is 6.01. The molecule has 0 aromatic heterocycles. The summed E-state index contributed by atoms with van der Waals surface area (Å²) in [4.78, 5) is 12.8. The summed E-state index contributed by atoms with van der Waals surface area (Å²) in [6.45, 7) is 8.82. The molecule has 0 saturated carbocycles. The average Bonchev–Trinajstić information content (AvgIpc) is 2.93. The van der Waals surface area contributed by atoms with Crippen molar-refractivity contribution in [3.05, 3.63) is 22.8 Å². The van der Waals surface area contributed by atoms with Crippen molar-refractivity contribution in [1.82, 2.24) is 0 Å². The summed E-state index contributed by atoms with van der Waals surface area (Å²) >= 11 is 0. The molecule has 0 aliphatic rings. The quantitative estimate of drug-likeness (QED) is 0.0716. The minimum absolute atomic E-state index is 0.115. The van der Waals surface area contributed by atoms with E-state index < -0.39 is 0 Å². The molecule has 0 fully saturated rings. The zero-order chi connectivity index (χ0) is 28.6. The lowest BCUT2D eigenvalue weighted by molar-refractivity contribution is -0.134. The van der Waals surface area contributed by atoms with Crippen LogP contribution in [0.15, 0.2) is 6.07 Å². The molecule has 0 aliphatic carbocycles. The van der Waals surface area contributed by atoms with Crippen molar-refractivity contribution < 1.29 is 14.6 Å². The minimum Gasteiger partial charge on any atom is -0.507 e. The molecule has 1 rings (SSSR count). The first kappa shape index (κ1) is 35.5. The third-order valence-corrected chi connectivity index (χ3v) is 8.13. The van der Waals surface area contributed by atoms with Gasteiger partial charge in [-0.1, -0.05) is 137 Å². The normalized spacial score (nSPS) is 11.3. The molecule has 0 saturated heterocycles. The number of ether oxygens (including phenoxy) is 1. The van der Waals surface area contributed by atoms with Crippen molar-refractivity contribution in [3.8, 4) is 11.5 Å². The molecule has 0 unspecified atom stereocenters. The fourth-order valence-corrected chi connectivity index (χ4v) is 5.51. The smallest absolute Gasteiger partial charge is 0.311 e. The number of unbranched alkanes of at least 4 members (excludes halogenated alkanes) is 17. The SMILES string of the molecule is CCCCCCCCCCCCCCCCCC(=O)Oc1cc(CCCC)c(O)c(CCCC)c1CCCC. The van der Waals surface area contributed by atoms with E-state index >= 15 is 0 Å². The summed E-state index contributed by atoms with van der Waals surface area (Å²) in [5.74, 6) is 1.05. The van der Waals surface area contributed by atoms with Crippen LogP contribution >= 0.6 is 0 Å². The molecule has 226 valence electrons. The molecule has 3 nitrogen and oxygen atoms in total. The third kappa shape index (κ3) is 16.4. The number of aromatic hydroxyl groups is 1. The molecule has 0 aliphatic heterocycles. The molecule has 3 heteroatoms. The summed E-state index contributed by atoms with van der Waals surface area (Å²) in [5.41, 5.74) is 3.03. The van der Waals surface area contributed by atoms with Crippen LogP contribution in [-0.2, 0) is 24.1 Å².